The van der Waals surface area contributed by atoms with Gasteiger partial charge < -0.3 is 16.8 Å². The van der Waals surface area contributed by atoms with Crippen molar-refractivity contribution in [1.29, 1.82) is 0 Å². The highest BCUT2D eigenvalue weighted by Crippen LogP contribution is 2.31. The molecule has 2 aromatic heterocycles. The van der Waals surface area contributed by atoms with E-state index in [0.29, 0.717) is 50.6 Å². The molecule has 0 unspecified atom stereocenters. The summed E-state index contributed by atoms with van der Waals surface area (Å²) in [7, 11) is 0. The van der Waals surface area contributed by atoms with Gasteiger partial charge in [-0.15, -0.1) is 0 Å². The fraction of sp³-hybridized carbons (Fsp3) is 0. The molecule has 0 saturated heterocycles. The number of hydrogen-bond acceptors (Lipinski definition) is 6. The number of benzene rings is 3. The highest BCUT2D eigenvalue weighted by atomic mass is 19.1. The Balaban J connectivity index is 1.49. The monoisotopic (exact) mass is 440 g/mol. The van der Waals surface area contributed by atoms with Gasteiger partial charge in [0.25, 0.3) is 0 Å². The topological polar surface area (TPSA) is 103 Å². The van der Waals surface area contributed by atoms with Crippen LogP contribution in [-0.4, -0.2) is 15.0 Å². The maximum atomic E-state index is 14.2. The summed E-state index contributed by atoms with van der Waals surface area (Å²) in [6.45, 7) is 0. The second-order valence-electron chi connectivity index (χ2n) is 7.44. The zero-order chi connectivity index (χ0) is 22.9. The smallest absolute Gasteiger partial charge is 0.222 e. The lowest BCUT2D eigenvalue weighted by Crippen LogP contribution is -2.02. The van der Waals surface area contributed by atoms with Gasteiger partial charge in [0.1, 0.15) is 17.5 Å². The van der Waals surface area contributed by atoms with Gasteiger partial charge in [0.05, 0.1) is 16.9 Å². The summed E-state index contributed by atoms with van der Waals surface area (Å²) in [4.78, 5) is 13.0. The van der Waals surface area contributed by atoms with Gasteiger partial charge in [0.2, 0.25) is 5.95 Å². The quantitative estimate of drug-likeness (QED) is 0.339. The van der Waals surface area contributed by atoms with Crippen molar-refractivity contribution in [3.05, 3.63) is 90.5 Å². The lowest BCUT2D eigenvalue weighted by molar-refractivity contribution is 0.628. The first-order valence-corrected chi connectivity index (χ1v) is 10.1. The van der Waals surface area contributed by atoms with Gasteiger partial charge in [-0.05, 0) is 48.5 Å². The largest absolute Gasteiger partial charge is 0.398 e. The average molecular weight is 440 g/mol. The van der Waals surface area contributed by atoms with Gasteiger partial charge in [0, 0.05) is 34.0 Å². The fourth-order valence-corrected chi connectivity index (χ4v) is 3.61. The zero-order valence-electron chi connectivity index (χ0n) is 17.3. The van der Waals surface area contributed by atoms with Crippen LogP contribution < -0.4 is 16.8 Å². The van der Waals surface area contributed by atoms with Crippen molar-refractivity contribution in [2.24, 2.45) is 0 Å². The van der Waals surface area contributed by atoms with Crippen molar-refractivity contribution < 1.29 is 8.78 Å². The van der Waals surface area contributed by atoms with E-state index in [1.807, 2.05) is 6.07 Å². The van der Waals surface area contributed by atoms with E-state index in [9.17, 15) is 8.78 Å². The van der Waals surface area contributed by atoms with Crippen LogP contribution in [0.5, 0.6) is 0 Å². The number of nitrogen functional groups attached to an aromatic ring is 2. The minimum atomic E-state index is -0.369. The number of nitrogens with one attached hydrogen (secondary N) is 1. The molecule has 0 radical (unpaired) electrons. The Morgan fingerprint density at radius 1 is 0.727 bits per heavy atom. The molecule has 33 heavy (non-hydrogen) atoms. The number of rotatable bonds is 4. The Morgan fingerprint density at radius 2 is 1.58 bits per heavy atom. The first-order valence-electron chi connectivity index (χ1n) is 10.1. The van der Waals surface area contributed by atoms with Gasteiger partial charge in [-0.1, -0.05) is 24.3 Å². The van der Waals surface area contributed by atoms with Crippen molar-refractivity contribution in [3.63, 3.8) is 0 Å². The molecule has 3 aromatic carbocycles. The second-order valence-corrected chi connectivity index (χ2v) is 7.44. The molecule has 2 heterocycles. The number of anilines is 4. The van der Waals surface area contributed by atoms with E-state index in [4.69, 9.17) is 11.5 Å². The third-order valence-electron chi connectivity index (χ3n) is 5.13. The van der Waals surface area contributed by atoms with Gasteiger partial charge in [0.15, 0.2) is 0 Å². The molecule has 5 N–H and O–H groups in total. The Morgan fingerprint density at radius 3 is 2.39 bits per heavy atom. The number of hydrogen-bond donors (Lipinski definition) is 3. The fourth-order valence-electron chi connectivity index (χ4n) is 3.61. The van der Waals surface area contributed by atoms with Crippen molar-refractivity contribution in [3.8, 4) is 22.5 Å². The summed E-state index contributed by atoms with van der Waals surface area (Å²) in [5, 5.41) is 3.88. The van der Waals surface area contributed by atoms with Crippen molar-refractivity contribution in [2.45, 2.75) is 0 Å². The molecule has 0 aliphatic carbocycles. The molecule has 5 aromatic rings. The molecule has 0 spiro atoms. The van der Waals surface area contributed by atoms with Crippen LogP contribution in [0.3, 0.4) is 0 Å². The van der Waals surface area contributed by atoms with Crippen LogP contribution in [0.25, 0.3) is 33.4 Å². The van der Waals surface area contributed by atoms with Crippen LogP contribution in [0.2, 0.25) is 0 Å². The van der Waals surface area contributed by atoms with E-state index in [0.717, 1.165) is 0 Å². The number of pyridine rings is 1. The highest BCUT2D eigenvalue weighted by molar-refractivity contribution is 5.95. The lowest BCUT2D eigenvalue weighted by atomic mass is 10.1. The van der Waals surface area contributed by atoms with E-state index < -0.39 is 0 Å². The molecule has 6 nitrogen and oxygen atoms in total. The average Bonchev–Trinajstić information content (AvgIpc) is 2.79. The van der Waals surface area contributed by atoms with E-state index in [1.54, 1.807) is 54.6 Å². The van der Waals surface area contributed by atoms with Crippen LogP contribution in [-0.2, 0) is 0 Å². The first kappa shape index (κ1) is 20.3. The SMILES string of the molecule is Nc1nc(Nc2ccc3nc(-c4ccccc4F)cc(N)c3c2)cc(-c2cccc(F)c2)n1. The molecule has 0 aliphatic rings. The zero-order valence-corrected chi connectivity index (χ0v) is 17.3. The number of halogens is 2. The Labute approximate surface area is 188 Å². The molecule has 0 fully saturated rings. The summed E-state index contributed by atoms with van der Waals surface area (Å²) < 4.78 is 27.8. The minimum Gasteiger partial charge on any atom is -0.398 e. The Hall–Kier alpha value is -4.59. The Bertz CT molecular complexity index is 1500. The van der Waals surface area contributed by atoms with Gasteiger partial charge >= 0.3 is 0 Å². The molecule has 8 heteroatoms. The summed E-state index contributed by atoms with van der Waals surface area (Å²) in [6.07, 6.45) is 0. The summed E-state index contributed by atoms with van der Waals surface area (Å²) in [6, 6.07) is 21.2. The normalized spacial score (nSPS) is 11.0. The first-order chi connectivity index (χ1) is 16.0. The molecular weight excluding hydrogens is 422 g/mol. The minimum absolute atomic E-state index is 0.0516. The maximum Gasteiger partial charge on any atom is 0.222 e. The predicted molar refractivity (Wildman–Crippen MR) is 127 cm³/mol. The second kappa shape index (κ2) is 8.16. The van der Waals surface area contributed by atoms with Gasteiger partial charge in [-0.25, -0.2) is 18.7 Å². The van der Waals surface area contributed by atoms with Crippen molar-refractivity contribution >= 4 is 34.0 Å². The van der Waals surface area contributed by atoms with E-state index in [2.05, 4.69) is 20.3 Å². The third-order valence-corrected chi connectivity index (χ3v) is 5.13. The Kier molecular flexibility index (Phi) is 5.02. The van der Waals surface area contributed by atoms with E-state index in [1.165, 1.54) is 18.2 Å². The summed E-state index contributed by atoms with van der Waals surface area (Å²) in [5.41, 5.74) is 15.8. The standard InChI is InChI=1S/C25H18F2N6/c26-15-5-3-4-14(10-15)22-13-24(33-25(29)32-22)30-16-8-9-21-18(11-16)20(28)12-23(31-21)17-6-1-2-7-19(17)27/h1-13H,(H2,28,31)(H3,29,30,32,33). The predicted octanol–water partition coefficient (Wildman–Crippen LogP) is 5.55. The van der Waals surface area contributed by atoms with Crippen LogP contribution >= 0.6 is 0 Å². The summed E-state index contributed by atoms with van der Waals surface area (Å²) in [5.74, 6) is -0.240. The highest BCUT2D eigenvalue weighted by Gasteiger charge is 2.11. The molecule has 5 rings (SSSR count). The molecule has 0 amide bonds. The number of aromatic nitrogens is 3. The van der Waals surface area contributed by atoms with E-state index >= 15 is 0 Å². The molecule has 0 saturated carbocycles. The van der Waals surface area contributed by atoms with Crippen LogP contribution in [0.4, 0.5) is 31.9 Å². The van der Waals surface area contributed by atoms with Gasteiger partial charge in [-0.2, -0.15) is 4.98 Å². The molecule has 0 bridgehead atoms. The van der Waals surface area contributed by atoms with Crippen LogP contribution in [0.1, 0.15) is 0 Å². The van der Waals surface area contributed by atoms with Crippen molar-refractivity contribution in [2.75, 3.05) is 16.8 Å². The van der Waals surface area contributed by atoms with Crippen LogP contribution in [0, 0.1) is 11.6 Å². The maximum absolute atomic E-state index is 14.2. The van der Waals surface area contributed by atoms with E-state index in [-0.39, 0.29) is 17.6 Å². The molecule has 0 aliphatic heterocycles. The molecule has 0 atom stereocenters. The van der Waals surface area contributed by atoms with Crippen molar-refractivity contribution in [1.82, 2.24) is 15.0 Å². The number of nitrogens with two attached hydrogens (primary N) is 2. The molecular formula is C25H18F2N6. The molecule has 162 valence electrons. The lowest BCUT2D eigenvalue weighted by Gasteiger charge is -2.11. The number of nitrogens with zero attached hydrogens (tertiary/aromatic N) is 3. The summed E-state index contributed by atoms with van der Waals surface area (Å²) >= 11 is 0. The van der Waals surface area contributed by atoms with Gasteiger partial charge in [-0.3, -0.25) is 0 Å². The number of fused-ring (bicyclic) bond motifs is 1. The third kappa shape index (κ3) is 4.14. The van der Waals surface area contributed by atoms with Crippen LogP contribution in [0.15, 0.2) is 78.9 Å².